The summed E-state index contributed by atoms with van der Waals surface area (Å²) >= 11 is 0. The van der Waals surface area contributed by atoms with Gasteiger partial charge in [0, 0.05) is 0 Å². The van der Waals surface area contributed by atoms with Crippen LogP contribution in [0, 0.1) is 23.7 Å². The highest BCUT2D eigenvalue weighted by Crippen LogP contribution is 2.45. The normalized spacial score (nSPS) is 30.8. The van der Waals surface area contributed by atoms with Crippen molar-refractivity contribution in [3.8, 4) is 5.75 Å². The van der Waals surface area contributed by atoms with Crippen molar-refractivity contribution in [1.29, 1.82) is 0 Å². The van der Waals surface area contributed by atoms with Crippen LogP contribution in [-0.2, 0) is 0 Å². The molecule has 1 nitrogen and oxygen atoms in total. The molecular weight excluding hydrogens is 318 g/mol. The third-order valence-electron chi connectivity index (χ3n) is 6.50. The van der Waals surface area contributed by atoms with Crippen LogP contribution in [0.1, 0.15) is 71.1 Å². The highest BCUT2D eigenvalue weighted by atomic mass is 19.3. The van der Waals surface area contributed by atoms with Crippen LogP contribution in [0.5, 0.6) is 5.75 Å². The lowest BCUT2D eigenvalue weighted by atomic mass is 9.68. The summed E-state index contributed by atoms with van der Waals surface area (Å²) in [5.74, 6) is 1.98. The quantitative estimate of drug-likeness (QED) is 0.533. The SMILES string of the molecule is CCCC1CCC(C2CCC(C(F)(F)Oc3ccccc3)CC2)CC1. The van der Waals surface area contributed by atoms with Crippen molar-refractivity contribution in [2.24, 2.45) is 23.7 Å². The fraction of sp³-hybridized carbons (Fsp3) is 0.727. The molecule has 2 saturated carbocycles. The molecule has 0 aromatic heterocycles. The zero-order valence-electron chi connectivity index (χ0n) is 15.4. The fourth-order valence-electron chi connectivity index (χ4n) is 5.01. The summed E-state index contributed by atoms with van der Waals surface area (Å²) in [5.41, 5.74) is 0. The molecule has 140 valence electrons. The van der Waals surface area contributed by atoms with Crippen LogP contribution >= 0.6 is 0 Å². The Labute approximate surface area is 151 Å². The van der Waals surface area contributed by atoms with Gasteiger partial charge in [-0.25, -0.2) is 0 Å². The van der Waals surface area contributed by atoms with Crippen molar-refractivity contribution in [3.05, 3.63) is 30.3 Å². The average Bonchev–Trinajstić information content (AvgIpc) is 2.63. The number of halogens is 2. The highest BCUT2D eigenvalue weighted by Gasteiger charge is 2.45. The van der Waals surface area contributed by atoms with Crippen molar-refractivity contribution >= 4 is 0 Å². The summed E-state index contributed by atoms with van der Waals surface area (Å²) < 4.78 is 34.0. The first-order chi connectivity index (χ1) is 12.1. The van der Waals surface area contributed by atoms with Crippen molar-refractivity contribution < 1.29 is 13.5 Å². The van der Waals surface area contributed by atoms with Gasteiger partial charge in [-0.2, -0.15) is 8.78 Å². The molecule has 0 aliphatic heterocycles. The number of ether oxygens (including phenoxy) is 1. The molecule has 0 amide bonds. The van der Waals surface area contributed by atoms with Crippen molar-refractivity contribution in [2.45, 2.75) is 77.2 Å². The predicted molar refractivity (Wildman–Crippen MR) is 97.8 cm³/mol. The Morgan fingerprint density at radius 2 is 1.44 bits per heavy atom. The summed E-state index contributed by atoms with van der Waals surface area (Å²) in [6.45, 7) is 2.27. The lowest BCUT2D eigenvalue weighted by molar-refractivity contribution is -0.224. The highest BCUT2D eigenvalue weighted by molar-refractivity contribution is 5.21. The second-order valence-corrected chi connectivity index (χ2v) is 8.16. The molecule has 2 aliphatic carbocycles. The number of hydrogen-bond acceptors (Lipinski definition) is 1. The van der Waals surface area contributed by atoms with Crippen molar-refractivity contribution in [1.82, 2.24) is 0 Å². The minimum atomic E-state index is -3.05. The summed E-state index contributed by atoms with van der Waals surface area (Å²) in [7, 11) is 0. The van der Waals surface area contributed by atoms with E-state index in [1.165, 1.54) is 38.5 Å². The second-order valence-electron chi connectivity index (χ2n) is 8.16. The average molecular weight is 350 g/mol. The van der Waals surface area contributed by atoms with Crippen LogP contribution in [0.4, 0.5) is 8.78 Å². The van der Waals surface area contributed by atoms with Gasteiger partial charge < -0.3 is 4.74 Å². The Morgan fingerprint density at radius 3 is 2.00 bits per heavy atom. The summed E-state index contributed by atoms with van der Waals surface area (Å²) in [5, 5.41) is 0. The van der Waals surface area contributed by atoms with Gasteiger partial charge >= 0.3 is 6.11 Å². The molecule has 2 fully saturated rings. The molecule has 0 saturated heterocycles. The van der Waals surface area contributed by atoms with Gasteiger partial charge in [0.1, 0.15) is 5.75 Å². The number of hydrogen-bond donors (Lipinski definition) is 0. The lowest BCUT2D eigenvalue weighted by Gasteiger charge is -2.39. The number of rotatable bonds is 6. The third kappa shape index (κ3) is 4.95. The largest absolute Gasteiger partial charge is 0.432 e. The molecule has 0 N–H and O–H groups in total. The molecule has 0 unspecified atom stereocenters. The minimum absolute atomic E-state index is 0.267. The van der Waals surface area contributed by atoms with E-state index in [9.17, 15) is 8.78 Å². The van der Waals surface area contributed by atoms with Crippen LogP contribution in [0.2, 0.25) is 0 Å². The maximum Gasteiger partial charge on any atom is 0.400 e. The third-order valence-corrected chi connectivity index (χ3v) is 6.50. The summed E-state index contributed by atoms with van der Waals surface area (Å²) in [6, 6.07) is 8.49. The van der Waals surface area contributed by atoms with Crippen LogP contribution in [0.25, 0.3) is 0 Å². The Balaban J connectivity index is 1.47. The van der Waals surface area contributed by atoms with Gasteiger partial charge in [-0.1, -0.05) is 50.8 Å². The molecule has 0 bridgehead atoms. The van der Waals surface area contributed by atoms with E-state index in [0.717, 1.165) is 24.7 Å². The zero-order chi connectivity index (χ0) is 17.7. The van der Waals surface area contributed by atoms with Crippen LogP contribution in [-0.4, -0.2) is 6.11 Å². The molecule has 0 heterocycles. The summed E-state index contributed by atoms with van der Waals surface area (Å²) in [6.07, 6.45) is 8.03. The van der Waals surface area contributed by atoms with Gasteiger partial charge in [0.15, 0.2) is 0 Å². The first-order valence-electron chi connectivity index (χ1n) is 10.2. The maximum absolute atomic E-state index is 14.5. The van der Waals surface area contributed by atoms with E-state index in [1.54, 1.807) is 24.3 Å². The minimum Gasteiger partial charge on any atom is -0.432 e. The topological polar surface area (TPSA) is 9.23 Å². The lowest BCUT2D eigenvalue weighted by Crippen LogP contribution is -2.38. The first-order valence-corrected chi connectivity index (χ1v) is 10.2. The standard InChI is InChI=1S/C22H32F2O/c1-2-6-17-9-11-18(12-10-17)19-13-15-20(16-14-19)22(23,24)25-21-7-4-3-5-8-21/h3-5,7-8,17-20H,2,6,9-16H2,1H3. The molecule has 3 heteroatoms. The van der Waals surface area contributed by atoms with E-state index in [4.69, 9.17) is 4.74 Å². The molecule has 25 heavy (non-hydrogen) atoms. The Bertz CT molecular complexity index is 500. The molecule has 0 spiro atoms. The predicted octanol–water partition coefficient (Wildman–Crippen LogP) is 7.07. The van der Waals surface area contributed by atoms with E-state index in [-0.39, 0.29) is 5.75 Å². The molecule has 3 rings (SSSR count). The van der Waals surface area contributed by atoms with E-state index in [0.29, 0.717) is 18.8 Å². The van der Waals surface area contributed by atoms with Crippen molar-refractivity contribution in [3.63, 3.8) is 0 Å². The van der Waals surface area contributed by atoms with Crippen LogP contribution in [0.3, 0.4) is 0 Å². The van der Waals surface area contributed by atoms with Gasteiger partial charge in [-0.15, -0.1) is 0 Å². The van der Waals surface area contributed by atoms with Gasteiger partial charge in [-0.05, 0) is 68.4 Å². The number of para-hydroxylation sites is 1. The zero-order valence-corrected chi connectivity index (χ0v) is 15.4. The molecular formula is C22H32F2O. The van der Waals surface area contributed by atoms with Gasteiger partial charge in [0.05, 0.1) is 5.92 Å². The van der Waals surface area contributed by atoms with E-state index >= 15 is 0 Å². The molecule has 1 aromatic rings. The molecule has 2 aliphatic rings. The van der Waals surface area contributed by atoms with E-state index in [1.807, 2.05) is 6.07 Å². The van der Waals surface area contributed by atoms with E-state index in [2.05, 4.69) is 6.92 Å². The monoisotopic (exact) mass is 350 g/mol. The van der Waals surface area contributed by atoms with Crippen molar-refractivity contribution in [2.75, 3.05) is 0 Å². The number of benzene rings is 1. The fourth-order valence-corrected chi connectivity index (χ4v) is 5.01. The smallest absolute Gasteiger partial charge is 0.400 e. The van der Waals surface area contributed by atoms with Gasteiger partial charge in [-0.3, -0.25) is 0 Å². The van der Waals surface area contributed by atoms with Gasteiger partial charge in [0.2, 0.25) is 0 Å². The van der Waals surface area contributed by atoms with Gasteiger partial charge in [0.25, 0.3) is 0 Å². The Hall–Kier alpha value is -1.12. The maximum atomic E-state index is 14.5. The molecule has 0 atom stereocenters. The molecule has 1 aromatic carbocycles. The Kier molecular flexibility index (Phi) is 6.35. The summed E-state index contributed by atoms with van der Waals surface area (Å²) in [4.78, 5) is 0. The molecule has 0 radical (unpaired) electrons. The van der Waals surface area contributed by atoms with Crippen LogP contribution < -0.4 is 4.74 Å². The second kappa shape index (κ2) is 8.51. The first kappa shape index (κ1) is 18.7. The number of alkyl halides is 2. The Morgan fingerprint density at radius 1 is 0.880 bits per heavy atom. The van der Waals surface area contributed by atoms with Crippen LogP contribution in [0.15, 0.2) is 30.3 Å². The van der Waals surface area contributed by atoms with E-state index < -0.39 is 12.0 Å².